The van der Waals surface area contributed by atoms with Gasteiger partial charge in [-0.1, -0.05) is 58.0 Å². The number of carbonyl (C=O) groups excluding carboxylic acids is 1. The van der Waals surface area contributed by atoms with Gasteiger partial charge < -0.3 is 55.4 Å². The SMILES string of the molecule is CCC(=O)OC1(c2ccccc2)CC(C)N(CCCN(CC)CC)CC1C.O=C(O)[C@@H](O)[C@H](O)C(=O)O.O=C(O)[C@@H](O)[C@H](O)C(=O)O. The van der Waals surface area contributed by atoms with E-state index in [0.29, 0.717) is 12.5 Å². The molecule has 47 heavy (non-hydrogen) atoms. The molecule has 8 N–H and O–H groups in total. The molecule has 1 aliphatic rings. The second kappa shape index (κ2) is 21.3. The summed E-state index contributed by atoms with van der Waals surface area (Å²) in [6.07, 6.45) is -6.60. The van der Waals surface area contributed by atoms with Crippen molar-refractivity contribution in [3.63, 3.8) is 0 Å². The maximum Gasteiger partial charge on any atom is 0.335 e. The first kappa shape index (κ1) is 43.3. The van der Waals surface area contributed by atoms with Crippen LogP contribution in [0, 0.1) is 5.92 Å². The number of carboxylic acids is 4. The van der Waals surface area contributed by atoms with Crippen molar-refractivity contribution in [2.75, 3.05) is 32.7 Å². The number of piperidine rings is 1. The summed E-state index contributed by atoms with van der Waals surface area (Å²) in [5.74, 6) is -6.91. The first-order valence-electron chi connectivity index (χ1n) is 15.3. The molecule has 2 rings (SSSR count). The van der Waals surface area contributed by atoms with Crippen molar-refractivity contribution in [1.29, 1.82) is 0 Å². The highest BCUT2D eigenvalue weighted by molar-refractivity contribution is 5.83. The highest BCUT2D eigenvalue weighted by atomic mass is 16.6. The first-order valence-corrected chi connectivity index (χ1v) is 15.3. The monoisotopic (exact) mass is 674 g/mol. The Bertz CT molecular complexity index is 1060. The topological polar surface area (TPSA) is 263 Å². The molecule has 0 aromatic heterocycles. The Morgan fingerprint density at radius 2 is 1.23 bits per heavy atom. The molecule has 0 radical (unpaired) electrons. The average molecular weight is 675 g/mol. The van der Waals surface area contributed by atoms with Gasteiger partial charge in [-0.25, -0.2) is 19.2 Å². The number of aliphatic hydroxyl groups excluding tert-OH is 4. The number of aliphatic hydroxyl groups is 4. The lowest BCUT2D eigenvalue weighted by Gasteiger charge is -2.49. The zero-order chi connectivity index (χ0) is 36.5. The summed E-state index contributed by atoms with van der Waals surface area (Å²) in [5.41, 5.74) is 0.623. The summed E-state index contributed by atoms with van der Waals surface area (Å²) in [7, 11) is 0. The molecule has 1 fully saturated rings. The van der Waals surface area contributed by atoms with Crippen molar-refractivity contribution in [2.24, 2.45) is 5.92 Å². The second-order valence-electron chi connectivity index (χ2n) is 11.0. The Morgan fingerprint density at radius 1 is 0.809 bits per heavy atom. The zero-order valence-electron chi connectivity index (χ0n) is 27.4. The highest BCUT2D eigenvalue weighted by Crippen LogP contribution is 2.43. The molecule has 0 spiro atoms. The number of carbonyl (C=O) groups is 5. The quantitative estimate of drug-likeness (QED) is 0.114. The number of carboxylic acid groups (broad SMARTS) is 4. The lowest BCUT2D eigenvalue weighted by Crippen LogP contribution is -2.55. The third-order valence-electron chi connectivity index (χ3n) is 7.80. The number of hydrogen-bond donors (Lipinski definition) is 8. The molecule has 268 valence electrons. The molecule has 0 amide bonds. The number of hydrogen-bond acceptors (Lipinski definition) is 12. The molecule has 7 atom stereocenters. The van der Waals surface area contributed by atoms with Crippen LogP contribution in [0.4, 0.5) is 0 Å². The molecule has 16 nitrogen and oxygen atoms in total. The summed E-state index contributed by atoms with van der Waals surface area (Å²) in [4.78, 5) is 56.4. The predicted molar refractivity (Wildman–Crippen MR) is 166 cm³/mol. The minimum atomic E-state index is -2.27. The molecule has 1 aliphatic heterocycles. The molecule has 0 aliphatic carbocycles. The Morgan fingerprint density at radius 3 is 1.60 bits per heavy atom. The van der Waals surface area contributed by atoms with Crippen molar-refractivity contribution in [3.05, 3.63) is 35.9 Å². The number of aliphatic carboxylic acids is 4. The number of rotatable bonds is 15. The number of ether oxygens (including phenoxy) is 1. The molecule has 1 aromatic rings. The van der Waals surface area contributed by atoms with E-state index in [1.165, 1.54) is 6.42 Å². The van der Waals surface area contributed by atoms with Gasteiger partial charge in [-0.3, -0.25) is 4.79 Å². The Hall–Kier alpha value is -3.67. The fraction of sp³-hybridized carbons (Fsp3) is 0.645. The van der Waals surface area contributed by atoms with E-state index in [1.807, 2.05) is 25.1 Å². The van der Waals surface area contributed by atoms with Crippen LogP contribution in [-0.4, -0.2) is 144 Å². The Kier molecular flexibility index (Phi) is 19.6. The van der Waals surface area contributed by atoms with Crippen LogP contribution in [0.5, 0.6) is 0 Å². The fourth-order valence-electron chi connectivity index (χ4n) is 4.94. The molecule has 1 aromatic carbocycles. The van der Waals surface area contributed by atoms with Gasteiger partial charge in [0.05, 0.1) is 0 Å². The van der Waals surface area contributed by atoms with Gasteiger partial charge >= 0.3 is 29.8 Å². The van der Waals surface area contributed by atoms with Gasteiger partial charge in [0.15, 0.2) is 24.4 Å². The van der Waals surface area contributed by atoms with Gasteiger partial charge in [-0.2, -0.15) is 0 Å². The molecule has 0 saturated carbocycles. The minimum absolute atomic E-state index is 0.104. The Balaban J connectivity index is 0.000000868. The second-order valence-corrected chi connectivity index (χ2v) is 11.0. The maximum absolute atomic E-state index is 12.3. The van der Waals surface area contributed by atoms with Gasteiger partial charge in [-0.15, -0.1) is 0 Å². The molecule has 16 heteroatoms. The predicted octanol–water partition coefficient (Wildman–Crippen LogP) is 0.0521. The van der Waals surface area contributed by atoms with Crippen LogP contribution in [0.2, 0.25) is 0 Å². The van der Waals surface area contributed by atoms with E-state index in [4.69, 9.17) is 45.6 Å². The van der Waals surface area contributed by atoms with E-state index in [-0.39, 0.29) is 11.9 Å². The zero-order valence-corrected chi connectivity index (χ0v) is 27.4. The number of nitrogens with zero attached hydrogens (tertiary/aromatic N) is 2. The smallest absolute Gasteiger partial charge is 0.335 e. The number of esters is 1. The molecule has 1 saturated heterocycles. The van der Waals surface area contributed by atoms with Gasteiger partial charge in [0.2, 0.25) is 0 Å². The highest BCUT2D eigenvalue weighted by Gasteiger charge is 2.47. The van der Waals surface area contributed by atoms with E-state index in [1.54, 1.807) is 0 Å². The van der Waals surface area contributed by atoms with Crippen molar-refractivity contribution >= 4 is 29.8 Å². The van der Waals surface area contributed by atoms with Crippen LogP contribution in [0.25, 0.3) is 0 Å². The third-order valence-corrected chi connectivity index (χ3v) is 7.80. The van der Waals surface area contributed by atoms with E-state index < -0.39 is 53.9 Å². The average Bonchev–Trinajstić information content (AvgIpc) is 3.04. The Labute approximate surface area is 273 Å². The summed E-state index contributed by atoms with van der Waals surface area (Å²) in [6.45, 7) is 16.3. The molecular weight excluding hydrogens is 624 g/mol. The largest absolute Gasteiger partial charge is 0.479 e. The van der Waals surface area contributed by atoms with E-state index in [9.17, 15) is 24.0 Å². The van der Waals surface area contributed by atoms with E-state index in [0.717, 1.165) is 44.7 Å². The fourth-order valence-corrected chi connectivity index (χ4v) is 4.94. The maximum atomic E-state index is 12.3. The van der Waals surface area contributed by atoms with Gasteiger partial charge in [0.25, 0.3) is 0 Å². The summed E-state index contributed by atoms with van der Waals surface area (Å²) in [6, 6.07) is 10.7. The first-order chi connectivity index (χ1) is 21.9. The van der Waals surface area contributed by atoms with Gasteiger partial charge in [0.1, 0.15) is 5.60 Å². The van der Waals surface area contributed by atoms with Gasteiger partial charge in [-0.05, 0) is 45.1 Å². The molecular formula is C31H50N2O14. The normalized spacial score (nSPS) is 21.8. The van der Waals surface area contributed by atoms with Crippen LogP contribution in [0.3, 0.4) is 0 Å². The van der Waals surface area contributed by atoms with Gasteiger partial charge in [0, 0.05) is 31.3 Å². The summed E-state index contributed by atoms with van der Waals surface area (Å²) >= 11 is 0. The van der Waals surface area contributed by atoms with Crippen molar-refractivity contribution in [2.45, 2.75) is 89.9 Å². The van der Waals surface area contributed by atoms with Crippen molar-refractivity contribution in [1.82, 2.24) is 9.80 Å². The lowest BCUT2D eigenvalue weighted by atomic mass is 9.74. The van der Waals surface area contributed by atoms with Crippen LogP contribution >= 0.6 is 0 Å². The van der Waals surface area contributed by atoms with Crippen LogP contribution in [0.15, 0.2) is 30.3 Å². The molecule has 1 heterocycles. The van der Waals surface area contributed by atoms with E-state index in [2.05, 4.69) is 49.6 Å². The standard InChI is InChI=1S/C23H38N2O2.2C4H6O6/c1-6-22(26)27-23(21-13-10-9-11-14-21)17-20(5)25(18-19(23)4)16-12-15-24(7-2)8-3;2*5-1(3(7)8)2(6)4(9)10/h9-11,13-14,19-20H,6-8,12,15-18H2,1-5H3;2*1-2,5-6H,(H,7,8)(H,9,10)/t;2*1-,2-/m.00/s1. The number of benzene rings is 1. The molecule has 0 bridgehead atoms. The number of likely N-dealkylation sites (tertiary alicyclic amines) is 1. The van der Waals surface area contributed by atoms with Crippen molar-refractivity contribution in [3.8, 4) is 0 Å². The minimum Gasteiger partial charge on any atom is -0.479 e. The van der Waals surface area contributed by atoms with Crippen LogP contribution in [0.1, 0.15) is 59.4 Å². The van der Waals surface area contributed by atoms with Crippen LogP contribution in [-0.2, 0) is 34.3 Å². The van der Waals surface area contributed by atoms with Crippen molar-refractivity contribution < 1.29 is 69.6 Å². The molecule has 3 unspecified atom stereocenters. The summed E-state index contributed by atoms with van der Waals surface area (Å²) in [5, 5.41) is 65.1. The van der Waals surface area contributed by atoms with Crippen LogP contribution < -0.4 is 0 Å². The van der Waals surface area contributed by atoms with E-state index >= 15 is 0 Å². The lowest BCUT2D eigenvalue weighted by molar-refractivity contribution is -0.178. The third kappa shape index (κ3) is 13.9. The summed E-state index contributed by atoms with van der Waals surface area (Å²) < 4.78 is 6.15.